The number of halogens is 2. The van der Waals surface area contributed by atoms with Gasteiger partial charge in [-0.3, -0.25) is 0 Å². The molecular formula is C11H13F2N. The Hall–Kier alpha value is -1.22. The lowest BCUT2D eigenvalue weighted by atomic mass is 10.0. The van der Waals surface area contributed by atoms with E-state index in [0.717, 1.165) is 11.6 Å². The van der Waals surface area contributed by atoms with Gasteiger partial charge in [0, 0.05) is 11.6 Å². The zero-order chi connectivity index (χ0) is 10.7. The summed E-state index contributed by atoms with van der Waals surface area (Å²) < 4.78 is 26.0. The molecule has 0 aromatic heterocycles. The first kappa shape index (κ1) is 10.9. The van der Waals surface area contributed by atoms with Gasteiger partial charge in [-0.25, -0.2) is 8.78 Å². The molecule has 0 radical (unpaired) electrons. The minimum atomic E-state index is -0.861. The monoisotopic (exact) mass is 197 g/mol. The quantitative estimate of drug-likeness (QED) is 0.741. The summed E-state index contributed by atoms with van der Waals surface area (Å²) in [6, 6.07) is 3.49. The zero-order valence-corrected chi connectivity index (χ0v) is 8.06. The molecule has 0 fully saturated rings. The van der Waals surface area contributed by atoms with Crippen molar-refractivity contribution in [1.82, 2.24) is 0 Å². The molecule has 0 saturated carbocycles. The minimum Gasteiger partial charge on any atom is -0.324 e. The largest absolute Gasteiger partial charge is 0.324 e. The molecule has 0 aliphatic carbocycles. The van der Waals surface area contributed by atoms with Gasteiger partial charge in [0.2, 0.25) is 0 Å². The highest BCUT2D eigenvalue weighted by molar-refractivity contribution is 5.23. The van der Waals surface area contributed by atoms with Crippen molar-refractivity contribution in [2.24, 2.45) is 5.73 Å². The third-order valence-corrected chi connectivity index (χ3v) is 1.95. The molecule has 1 unspecified atom stereocenters. The Bertz CT molecular complexity index is 347. The van der Waals surface area contributed by atoms with Crippen molar-refractivity contribution in [3.63, 3.8) is 0 Å². The van der Waals surface area contributed by atoms with Gasteiger partial charge in [0.25, 0.3) is 0 Å². The zero-order valence-electron chi connectivity index (χ0n) is 8.06. The van der Waals surface area contributed by atoms with Gasteiger partial charge in [-0.05, 0) is 19.4 Å². The molecule has 1 aromatic rings. The normalized spacial score (nSPS) is 12.6. The number of hydrogen-bond acceptors (Lipinski definition) is 1. The van der Waals surface area contributed by atoms with Crippen molar-refractivity contribution in [2.45, 2.75) is 19.4 Å². The number of rotatable bonds is 3. The fourth-order valence-electron chi connectivity index (χ4n) is 1.29. The van der Waals surface area contributed by atoms with Crippen LogP contribution in [0.2, 0.25) is 0 Å². The summed E-state index contributed by atoms with van der Waals surface area (Å²) in [6.07, 6.45) is 0.459. The third-order valence-electron chi connectivity index (χ3n) is 1.95. The van der Waals surface area contributed by atoms with Crippen molar-refractivity contribution < 1.29 is 8.78 Å². The molecule has 0 aliphatic rings. The smallest absolute Gasteiger partial charge is 0.163 e. The Morgan fingerprint density at radius 3 is 2.71 bits per heavy atom. The highest BCUT2D eigenvalue weighted by Gasteiger charge is 2.14. The molecular weight excluding hydrogens is 184 g/mol. The average Bonchev–Trinajstić information content (AvgIpc) is 2.08. The molecule has 1 nitrogen and oxygen atoms in total. The summed E-state index contributed by atoms with van der Waals surface area (Å²) in [5, 5.41) is 0. The molecule has 0 spiro atoms. The second-order valence-corrected chi connectivity index (χ2v) is 3.41. The summed E-state index contributed by atoms with van der Waals surface area (Å²) in [5.74, 6) is -1.72. The SMILES string of the molecule is C=C(C)CC(N)c1cccc(F)c1F. The Labute approximate surface area is 82.2 Å². The summed E-state index contributed by atoms with van der Waals surface area (Å²) in [6.45, 7) is 5.48. The van der Waals surface area contributed by atoms with E-state index in [1.807, 2.05) is 0 Å². The molecule has 3 heteroatoms. The van der Waals surface area contributed by atoms with Crippen molar-refractivity contribution in [3.8, 4) is 0 Å². The summed E-state index contributed by atoms with van der Waals surface area (Å²) in [5.41, 5.74) is 6.75. The van der Waals surface area contributed by atoms with E-state index in [1.165, 1.54) is 12.1 Å². The third kappa shape index (κ3) is 2.39. The van der Waals surface area contributed by atoms with E-state index in [2.05, 4.69) is 6.58 Å². The molecule has 0 bridgehead atoms. The summed E-state index contributed by atoms with van der Waals surface area (Å²) in [7, 11) is 0. The molecule has 1 atom stereocenters. The van der Waals surface area contributed by atoms with Crippen LogP contribution in [-0.2, 0) is 0 Å². The van der Waals surface area contributed by atoms with E-state index < -0.39 is 17.7 Å². The van der Waals surface area contributed by atoms with Crippen molar-refractivity contribution in [3.05, 3.63) is 47.5 Å². The van der Waals surface area contributed by atoms with Crippen LogP contribution in [0.15, 0.2) is 30.4 Å². The first-order valence-electron chi connectivity index (χ1n) is 4.36. The fourth-order valence-corrected chi connectivity index (χ4v) is 1.29. The van der Waals surface area contributed by atoms with Crippen LogP contribution in [0.1, 0.15) is 24.9 Å². The molecule has 1 aromatic carbocycles. The lowest BCUT2D eigenvalue weighted by Crippen LogP contribution is -2.13. The topological polar surface area (TPSA) is 26.0 Å². The molecule has 0 amide bonds. The second kappa shape index (κ2) is 4.33. The number of nitrogens with two attached hydrogens (primary N) is 1. The van der Waals surface area contributed by atoms with Crippen molar-refractivity contribution >= 4 is 0 Å². The Balaban J connectivity index is 2.95. The first-order chi connectivity index (χ1) is 6.52. The Morgan fingerprint density at radius 2 is 2.14 bits per heavy atom. The Kier molecular flexibility index (Phi) is 3.36. The van der Waals surface area contributed by atoms with E-state index in [0.29, 0.717) is 6.42 Å². The summed E-state index contributed by atoms with van der Waals surface area (Å²) in [4.78, 5) is 0. The van der Waals surface area contributed by atoms with Crippen molar-refractivity contribution in [2.75, 3.05) is 0 Å². The van der Waals surface area contributed by atoms with Crippen LogP contribution in [0.4, 0.5) is 8.78 Å². The van der Waals surface area contributed by atoms with Crippen LogP contribution in [0.5, 0.6) is 0 Å². The summed E-state index contributed by atoms with van der Waals surface area (Å²) >= 11 is 0. The molecule has 0 aliphatic heterocycles. The van der Waals surface area contributed by atoms with Gasteiger partial charge in [-0.15, -0.1) is 6.58 Å². The van der Waals surface area contributed by atoms with Crippen LogP contribution < -0.4 is 5.73 Å². The molecule has 14 heavy (non-hydrogen) atoms. The van der Waals surface area contributed by atoms with E-state index in [1.54, 1.807) is 6.92 Å². The molecule has 76 valence electrons. The van der Waals surface area contributed by atoms with Gasteiger partial charge in [0.05, 0.1) is 0 Å². The van der Waals surface area contributed by atoms with Gasteiger partial charge >= 0.3 is 0 Å². The van der Waals surface area contributed by atoms with Crippen LogP contribution in [-0.4, -0.2) is 0 Å². The van der Waals surface area contributed by atoms with Gasteiger partial charge < -0.3 is 5.73 Å². The molecule has 2 N–H and O–H groups in total. The van der Waals surface area contributed by atoms with Gasteiger partial charge in [0.15, 0.2) is 11.6 Å². The van der Waals surface area contributed by atoms with Crippen LogP contribution in [0.3, 0.4) is 0 Å². The second-order valence-electron chi connectivity index (χ2n) is 3.41. The lowest BCUT2D eigenvalue weighted by molar-refractivity contribution is 0.488. The maximum absolute atomic E-state index is 13.2. The average molecular weight is 197 g/mol. The molecule has 0 heterocycles. The maximum atomic E-state index is 13.2. The highest BCUT2D eigenvalue weighted by Crippen LogP contribution is 2.21. The minimum absolute atomic E-state index is 0.202. The van der Waals surface area contributed by atoms with Gasteiger partial charge in [0.1, 0.15) is 0 Å². The van der Waals surface area contributed by atoms with Gasteiger partial charge in [-0.1, -0.05) is 17.7 Å². The Morgan fingerprint density at radius 1 is 1.50 bits per heavy atom. The molecule has 1 rings (SSSR count). The maximum Gasteiger partial charge on any atom is 0.163 e. The van der Waals surface area contributed by atoms with E-state index >= 15 is 0 Å². The van der Waals surface area contributed by atoms with Crippen molar-refractivity contribution in [1.29, 1.82) is 0 Å². The van der Waals surface area contributed by atoms with E-state index in [9.17, 15) is 8.78 Å². The predicted octanol–water partition coefficient (Wildman–Crippen LogP) is 2.93. The van der Waals surface area contributed by atoms with Crippen LogP contribution in [0, 0.1) is 11.6 Å². The first-order valence-corrected chi connectivity index (χ1v) is 4.36. The van der Waals surface area contributed by atoms with Crippen LogP contribution >= 0.6 is 0 Å². The predicted molar refractivity (Wildman–Crippen MR) is 52.7 cm³/mol. The van der Waals surface area contributed by atoms with Crippen LogP contribution in [0.25, 0.3) is 0 Å². The lowest BCUT2D eigenvalue weighted by Gasteiger charge is -2.12. The van der Waals surface area contributed by atoms with E-state index in [4.69, 9.17) is 5.73 Å². The fraction of sp³-hybridized carbons (Fsp3) is 0.273. The number of benzene rings is 1. The van der Waals surface area contributed by atoms with Gasteiger partial charge in [-0.2, -0.15) is 0 Å². The molecule has 0 saturated heterocycles. The van der Waals surface area contributed by atoms with E-state index in [-0.39, 0.29) is 5.56 Å². The standard InChI is InChI=1S/C11H13F2N/c1-7(2)6-10(14)8-4-3-5-9(12)11(8)13/h3-5,10H,1,6,14H2,2H3. The number of hydrogen-bond donors (Lipinski definition) is 1. The highest BCUT2D eigenvalue weighted by atomic mass is 19.2.